The summed E-state index contributed by atoms with van der Waals surface area (Å²) in [6, 6.07) is 22.9. The topological polar surface area (TPSA) is 56.2 Å². The van der Waals surface area contributed by atoms with Crippen molar-refractivity contribution in [3.05, 3.63) is 102 Å². The van der Waals surface area contributed by atoms with E-state index in [1.165, 1.54) is 10.7 Å². The number of rotatable bonds is 5. The SMILES string of the molecule is Cc1ccc(NC(=O)n2ccc(C(C)Oc3ccc(-c4ccccc4)c(F)c3)n2)cc1. The smallest absolute Gasteiger partial charge is 0.346 e. The third-order valence-electron chi connectivity index (χ3n) is 4.88. The van der Waals surface area contributed by atoms with Crippen molar-refractivity contribution in [2.45, 2.75) is 20.0 Å². The van der Waals surface area contributed by atoms with E-state index in [-0.39, 0.29) is 11.8 Å². The van der Waals surface area contributed by atoms with Crippen molar-refractivity contribution in [1.29, 1.82) is 0 Å². The number of anilines is 1. The zero-order chi connectivity index (χ0) is 21.8. The minimum absolute atomic E-state index is 0.362. The van der Waals surface area contributed by atoms with Gasteiger partial charge in [0.05, 0.1) is 0 Å². The first kappa shape index (κ1) is 20.3. The van der Waals surface area contributed by atoms with Crippen molar-refractivity contribution >= 4 is 11.7 Å². The summed E-state index contributed by atoms with van der Waals surface area (Å²) in [5.74, 6) is 0.0299. The number of aromatic nitrogens is 2. The fraction of sp³-hybridized carbons (Fsp3) is 0.120. The van der Waals surface area contributed by atoms with Crippen molar-refractivity contribution < 1.29 is 13.9 Å². The van der Waals surface area contributed by atoms with Gasteiger partial charge in [0.15, 0.2) is 0 Å². The first-order chi connectivity index (χ1) is 15.0. The zero-order valence-electron chi connectivity index (χ0n) is 17.2. The highest BCUT2D eigenvalue weighted by molar-refractivity contribution is 5.90. The van der Waals surface area contributed by atoms with Gasteiger partial charge in [0, 0.05) is 23.5 Å². The Hall–Kier alpha value is -3.93. The number of nitrogens with one attached hydrogen (secondary N) is 1. The molecule has 4 aromatic rings. The largest absolute Gasteiger partial charge is 0.484 e. The lowest BCUT2D eigenvalue weighted by Gasteiger charge is -2.14. The molecule has 1 unspecified atom stereocenters. The van der Waals surface area contributed by atoms with Gasteiger partial charge in [0.2, 0.25) is 0 Å². The quantitative estimate of drug-likeness (QED) is 0.421. The Morgan fingerprint density at radius 3 is 2.48 bits per heavy atom. The van der Waals surface area contributed by atoms with Gasteiger partial charge in [-0.25, -0.2) is 9.18 Å². The summed E-state index contributed by atoms with van der Waals surface area (Å²) in [5, 5.41) is 7.08. The van der Waals surface area contributed by atoms with Crippen molar-refractivity contribution in [1.82, 2.24) is 9.78 Å². The molecule has 0 bridgehead atoms. The number of nitrogens with zero attached hydrogens (tertiary/aromatic N) is 2. The zero-order valence-corrected chi connectivity index (χ0v) is 17.2. The fourth-order valence-corrected chi connectivity index (χ4v) is 3.17. The van der Waals surface area contributed by atoms with Crippen molar-refractivity contribution in [2.75, 3.05) is 5.32 Å². The highest BCUT2D eigenvalue weighted by atomic mass is 19.1. The summed E-state index contributed by atoms with van der Waals surface area (Å²) in [7, 11) is 0. The Morgan fingerprint density at radius 2 is 1.77 bits per heavy atom. The number of halogens is 1. The molecule has 1 N–H and O–H groups in total. The van der Waals surface area contributed by atoms with Crippen LogP contribution < -0.4 is 10.1 Å². The molecule has 6 heteroatoms. The second-order valence-corrected chi connectivity index (χ2v) is 7.25. The molecule has 156 valence electrons. The van der Waals surface area contributed by atoms with E-state index in [2.05, 4.69) is 10.4 Å². The molecule has 3 aromatic carbocycles. The summed E-state index contributed by atoms with van der Waals surface area (Å²) < 4.78 is 21.6. The molecule has 1 amide bonds. The first-order valence-corrected chi connectivity index (χ1v) is 9.95. The molecule has 0 fully saturated rings. The summed E-state index contributed by atoms with van der Waals surface area (Å²) in [6.45, 7) is 3.78. The molecule has 0 aliphatic carbocycles. The molecule has 1 atom stereocenters. The van der Waals surface area contributed by atoms with Crippen molar-refractivity contribution in [3.8, 4) is 16.9 Å². The van der Waals surface area contributed by atoms with Gasteiger partial charge in [-0.05, 0) is 49.7 Å². The summed E-state index contributed by atoms with van der Waals surface area (Å²) in [6.07, 6.45) is 1.10. The van der Waals surface area contributed by atoms with Gasteiger partial charge in [-0.15, -0.1) is 0 Å². The van der Waals surface area contributed by atoms with E-state index in [4.69, 9.17) is 4.74 Å². The van der Waals surface area contributed by atoms with Crippen LogP contribution in [0.2, 0.25) is 0 Å². The third kappa shape index (κ3) is 4.80. The number of amides is 1. The van der Waals surface area contributed by atoms with E-state index in [0.717, 1.165) is 11.1 Å². The predicted octanol–water partition coefficient (Wildman–Crippen LogP) is 6.22. The summed E-state index contributed by atoms with van der Waals surface area (Å²) >= 11 is 0. The molecule has 31 heavy (non-hydrogen) atoms. The maximum Gasteiger partial charge on any atom is 0.346 e. The van der Waals surface area contributed by atoms with Gasteiger partial charge >= 0.3 is 6.03 Å². The van der Waals surface area contributed by atoms with Crippen LogP contribution in [0.1, 0.15) is 24.3 Å². The minimum atomic E-state index is -0.463. The van der Waals surface area contributed by atoms with Crippen molar-refractivity contribution in [3.63, 3.8) is 0 Å². The van der Waals surface area contributed by atoms with Gasteiger partial charge < -0.3 is 10.1 Å². The standard InChI is InChI=1S/C25H22FN3O2/c1-17-8-10-20(11-9-17)27-25(30)29-15-14-24(28-29)18(2)31-21-12-13-22(23(26)16-21)19-6-4-3-5-7-19/h3-16,18H,1-2H3,(H,27,30). The average Bonchev–Trinajstić information content (AvgIpc) is 3.27. The fourth-order valence-electron chi connectivity index (χ4n) is 3.17. The minimum Gasteiger partial charge on any atom is -0.484 e. The van der Waals surface area contributed by atoms with E-state index >= 15 is 0 Å². The molecule has 0 saturated carbocycles. The highest BCUT2D eigenvalue weighted by Crippen LogP contribution is 2.28. The molecule has 0 aliphatic heterocycles. The van der Waals surface area contributed by atoms with E-state index in [1.54, 1.807) is 31.3 Å². The molecule has 0 saturated heterocycles. The van der Waals surface area contributed by atoms with Crippen LogP contribution in [0.25, 0.3) is 11.1 Å². The lowest BCUT2D eigenvalue weighted by Crippen LogP contribution is -2.20. The number of ether oxygens (including phenoxy) is 1. The van der Waals surface area contributed by atoms with E-state index < -0.39 is 6.10 Å². The summed E-state index contributed by atoms with van der Waals surface area (Å²) in [5.41, 5.74) is 3.67. The van der Waals surface area contributed by atoms with E-state index in [1.807, 2.05) is 61.5 Å². The van der Waals surface area contributed by atoms with Crippen LogP contribution in [0, 0.1) is 12.7 Å². The molecule has 4 rings (SSSR count). The maximum atomic E-state index is 14.6. The molecular formula is C25H22FN3O2. The normalized spacial score (nSPS) is 11.7. The summed E-state index contributed by atoms with van der Waals surface area (Å²) in [4.78, 5) is 12.4. The van der Waals surface area contributed by atoms with Crippen LogP contribution in [-0.2, 0) is 0 Å². The van der Waals surface area contributed by atoms with Crippen LogP contribution in [0.15, 0.2) is 85.1 Å². The molecule has 0 aliphatic rings. The van der Waals surface area contributed by atoms with E-state index in [9.17, 15) is 9.18 Å². The molecule has 5 nitrogen and oxygen atoms in total. The third-order valence-corrected chi connectivity index (χ3v) is 4.88. The highest BCUT2D eigenvalue weighted by Gasteiger charge is 2.15. The number of hydrogen-bond acceptors (Lipinski definition) is 3. The number of hydrogen-bond donors (Lipinski definition) is 1. The van der Waals surface area contributed by atoms with Gasteiger partial charge in [-0.1, -0.05) is 48.0 Å². The first-order valence-electron chi connectivity index (χ1n) is 9.95. The van der Waals surface area contributed by atoms with Gasteiger partial charge in [-0.2, -0.15) is 9.78 Å². The molecule has 1 aromatic heterocycles. The Bertz CT molecular complexity index is 1190. The second-order valence-electron chi connectivity index (χ2n) is 7.25. The molecule has 0 spiro atoms. The second kappa shape index (κ2) is 8.83. The monoisotopic (exact) mass is 415 g/mol. The molecule has 1 heterocycles. The number of aryl methyl sites for hydroxylation is 1. The van der Waals surface area contributed by atoms with Gasteiger partial charge in [-0.3, -0.25) is 0 Å². The number of carbonyl (C=O) groups excluding carboxylic acids is 1. The van der Waals surface area contributed by atoms with Crippen LogP contribution in [0.4, 0.5) is 14.9 Å². The van der Waals surface area contributed by atoms with E-state index in [0.29, 0.717) is 22.7 Å². The average molecular weight is 415 g/mol. The Kier molecular flexibility index (Phi) is 5.80. The molecule has 0 radical (unpaired) electrons. The van der Waals surface area contributed by atoms with Crippen LogP contribution in [0.5, 0.6) is 5.75 Å². The predicted molar refractivity (Wildman–Crippen MR) is 119 cm³/mol. The number of carbonyl (C=O) groups is 1. The lowest BCUT2D eigenvalue weighted by molar-refractivity contribution is 0.219. The van der Waals surface area contributed by atoms with Gasteiger partial charge in [0.25, 0.3) is 0 Å². The van der Waals surface area contributed by atoms with Crippen LogP contribution in [-0.4, -0.2) is 15.8 Å². The van der Waals surface area contributed by atoms with Crippen molar-refractivity contribution in [2.24, 2.45) is 0 Å². The Labute approximate surface area is 180 Å². The van der Waals surface area contributed by atoms with Crippen LogP contribution >= 0.6 is 0 Å². The van der Waals surface area contributed by atoms with Gasteiger partial charge in [0.1, 0.15) is 23.4 Å². The molecular weight excluding hydrogens is 393 g/mol. The lowest BCUT2D eigenvalue weighted by atomic mass is 10.1. The van der Waals surface area contributed by atoms with Crippen LogP contribution in [0.3, 0.4) is 0 Å². The Balaban J connectivity index is 1.43. The number of benzene rings is 3. The maximum absolute atomic E-state index is 14.6. The Morgan fingerprint density at radius 1 is 1.03 bits per heavy atom.